The summed E-state index contributed by atoms with van der Waals surface area (Å²) in [6, 6.07) is 5.42. The molecule has 0 aliphatic carbocycles. The Labute approximate surface area is 156 Å². The lowest BCUT2D eigenvalue weighted by atomic mass is 10.1. The lowest BCUT2D eigenvalue weighted by Crippen LogP contribution is -2.14. The summed E-state index contributed by atoms with van der Waals surface area (Å²) in [4.78, 5) is 34.6. The van der Waals surface area contributed by atoms with Crippen molar-refractivity contribution in [3.8, 4) is 5.75 Å². The van der Waals surface area contributed by atoms with Crippen LogP contribution in [0.2, 0.25) is 0 Å². The summed E-state index contributed by atoms with van der Waals surface area (Å²) in [5, 5.41) is 11.2. The summed E-state index contributed by atoms with van der Waals surface area (Å²) in [7, 11) is 1.18. The van der Waals surface area contributed by atoms with Crippen LogP contribution in [-0.2, 0) is 11.3 Å². The van der Waals surface area contributed by atoms with Gasteiger partial charge in [0, 0.05) is 29.6 Å². The molecule has 0 saturated carbocycles. The average molecular weight is 372 g/mol. The average Bonchev–Trinajstić information content (AvgIpc) is 2.93. The minimum atomic E-state index is -0.699. The predicted octanol–water partition coefficient (Wildman–Crippen LogP) is 3.25. The van der Waals surface area contributed by atoms with Gasteiger partial charge in [0.15, 0.2) is 12.4 Å². The second-order valence-electron chi connectivity index (χ2n) is 5.83. The Morgan fingerprint density at radius 3 is 2.59 bits per heavy atom. The molecule has 8 nitrogen and oxygen atoms in total. The minimum Gasteiger partial charge on any atom is -0.478 e. The standard InChI is InChI=1S/C19H20N2O6/c1-5-8-20-12(2)9-15(13(20)3)17(22)11-27-18-7-6-14(19(23)26-4)10-16(18)21(24)25/h5-7,9-10H,1,8,11H2,2-4H3. The fraction of sp³-hybridized carbons (Fsp3) is 0.263. The van der Waals surface area contributed by atoms with Crippen LogP contribution in [0.4, 0.5) is 5.69 Å². The van der Waals surface area contributed by atoms with E-state index in [4.69, 9.17) is 4.74 Å². The molecule has 8 heteroatoms. The maximum absolute atomic E-state index is 12.5. The van der Waals surface area contributed by atoms with Crippen LogP contribution < -0.4 is 4.74 Å². The largest absolute Gasteiger partial charge is 0.478 e. The SMILES string of the molecule is C=CCn1c(C)cc(C(=O)COc2ccc(C(=O)OC)cc2[N+](=O)[O-])c1C. The van der Waals surface area contributed by atoms with Crippen LogP contribution in [0, 0.1) is 24.0 Å². The van der Waals surface area contributed by atoms with Crippen LogP contribution in [-0.4, -0.2) is 35.0 Å². The Kier molecular flexibility index (Phi) is 6.12. The van der Waals surface area contributed by atoms with E-state index in [9.17, 15) is 19.7 Å². The fourth-order valence-electron chi connectivity index (χ4n) is 2.74. The van der Waals surface area contributed by atoms with Gasteiger partial charge in [0.25, 0.3) is 0 Å². The van der Waals surface area contributed by atoms with Gasteiger partial charge in [0.2, 0.25) is 5.78 Å². The summed E-state index contributed by atoms with van der Waals surface area (Å²) in [5.74, 6) is -1.10. The number of aryl methyl sites for hydroxylation is 1. The maximum Gasteiger partial charge on any atom is 0.338 e. The molecule has 0 aliphatic heterocycles. The third-order valence-electron chi connectivity index (χ3n) is 4.12. The fourth-order valence-corrected chi connectivity index (χ4v) is 2.74. The molecule has 1 heterocycles. The van der Waals surface area contributed by atoms with Gasteiger partial charge >= 0.3 is 11.7 Å². The molecule has 2 rings (SSSR count). The van der Waals surface area contributed by atoms with Crippen molar-refractivity contribution < 1.29 is 24.0 Å². The molecule has 0 unspecified atom stereocenters. The summed E-state index contributed by atoms with van der Waals surface area (Å²) in [5.41, 5.74) is 1.78. The number of allylic oxidation sites excluding steroid dienone is 1. The van der Waals surface area contributed by atoms with E-state index in [2.05, 4.69) is 11.3 Å². The van der Waals surface area contributed by atoms with Crippen LogP contribution in [0.3, 0.4) is 0 Å². The van der Waals surface area contributed by atoms with Gasteiger partial charge in [-0.2, -0.15) is 0 Å². The second-order valence-corrected chi connectivity index (χ2v) is 5.83. The molecule has 0 spiro atoms. The van der Waals surface area contributed by atoms with Gasteiger partial charge in [0.1, 0.15) is 0 Å². The third kappa shape index (κ3) is 4.22. The molecule has 0 bridgehead atoms. The minimum absolute atomic E-state index is 0.0239. The summed E-state index contributed by atoms with van der Waals surface area (Å²) in [6.45, 7) is 7.60. The molecular weight excluding hydrogens is 352 g/mol. The van der Waals surface area contributed by atoms with Gasteiger partial charge in [0.05, 0.1) is 17.6 Å². The summed E-state index contributed by atoms with van der Waals surface area (Å²) in [6.07, 6.45) is 1.73. The van der Waals surface area contributed by atoms with Crippen LogP contribution in [0.15, 0.2) is 36.9 Å². The van der Waals surface area contributed by atoms with Crippen LogP contribution >= 0.6 is 0 Å². The first-order valence-corrected chi connectivity index (χ1v) is 8.10. The van der Waals surface area contributed by atoms with Gasteiger partial charge in [-0.15, -0.1) is 6.58 Å². The first kappa shape index (κ1) is 19.9. The van der Waals surface area contributed by atoms with Gasteiger partial charge in [-0.3, -0.25) is 14.9 Å². The van der Waals surface area contributed by atoms with Crippen LogP contribution in [0.5, 0.6) is 5.75 Å². The molecule has 0 radical (unpaired) electrons. The number of nitrogens with zero attached hydrogens (tertiary/aromatic N) is 2. The molecule has 0 amide bonds. The molecule has 0 N–H and O–H groups in total. The maximum atomic E-state index is 12.5. The predicted molar refractivity (Wildman–Crippen MR) is 98.4 cm³/mol. The quantitative estimate of drug-likeness (QED) is 0.232. The van der Waals surface area contributed by atoms with Crippen molar-refractivity contribution in [2.75, 3.05) is 13.7 Å². The monoisotopic (exact) mass is 372 g/mol. The van der Waals surface area contributed by atoms with Crippen molar-refractivity contribution >= 4 is 17.4 Å². The smallest absolute Gasteiger partial charge is 0.338 e. The number of rotatable bonds is 8. The summed E-state index contributed by atoms with van der Waals surface area (Å²) >= 11 is 0. The number of carbonyl (C=O) groups is 2. The lowest BCUT2D eigenvalue weighted by molar-refractivity contribution is -0.385. The van der Waals surface area contributed by atoms with E-state index in [-0.39, 0.29) is 23.7 Å². The van der Waals surface area contributed by atoms with E-state index >= 15 is 0 Å². The van der Waals surface area contributed by atoms with E-state index in [0.717, 1.165) is 17.5 Å². The zero-order valence-electron chi connectivity index (χ0n) is 15.4. The van der Waals surface area contributed by atoms with Gasteiger partial charge < -0.3 is 14.0 Å². The molecule has 2 aromatic rings. The van der Waals surface area contributed by atoms with E-state index < -0.39 is 16.6 Å². The van der Waals surface area contributed by atoms with Crippen molar-refractivity contribution in [2.45, 2.75) is 20.4 Å². The van der Waals surface area contributed by atoms with E-state index in [1.54, 1.807) is 12.1 Å². The number of carbonyl (C=O) groups excluding carboxylic acids is 2. The molecule has 0 aliphatic rings. The molecule has 142 valence electrons. The normalized spacial score (nSPS) is 10.3. The van der Waals surface area contributed by atoms with Crippen LogP contribution in [0.25, 0.3) is 0 Å². The van der Waals surface area contributed by atoms with Crippen molar-refractivity contribution in [3.63, 3.8) is 0 Å². The Morgan fingerprint density at radius 2 is 2.00 bits per heavy atom. The van der Waals surface area contributed by atoms with Gasteiger partial charge in [-0.25, -0.2) is 4.79 Å². The van der Waals surface area contributed by atoms with E-state index in [1.807, 2.05) is 18.4 Å². The second kappa shape index (κ2) is 8.31. The number of Topliss-reactive ketones (excluding diaryl/α,β-unsaturated/α-hetero) is 1. The van der Waals surface area contributed by atoms with E-state index in [1.165, 1.54) is 19.2 Å². The molecular formula is C19H20N2O6. The lowest BCUT2D eigenvalue weighted by Gasteiger charge is -2.08. The number of nitro benzene ring substituents is 1. The Balaban J connectivity index is 2.22. The molecule has 0 atom stereocenters. The Hall–Kier alpha value is -3.42. The third-order valence-corrected chi connectivity index (χ3v) is 4.12. The molecule has 0 fully saturated rings. The van der Waals surface area contributed by atoms with Gasteiger partial charge in [-0.05, 0) is 32.0 Å². The highest BCUT2D eigenvalue weighted by Gasteiger charge is 2.21. The number of nitro groups is 1. The highest BCUT2D eigenvalue weighted by molar-refractivity contribution is 5.98. The zero-order chi connectivity index (χ0) is 20.1. The summed E-state index contributed by atoms with van der Waals surface area (Å²) < 4.78 is 11.9. The first-order chi connectivity index (χ1) is 12.8. The molecule has 0 saturated heterocycles. The number of hydrogen-bond acceptors (Lipinski definition) is 6. The van der Waals surface area contributed by atoms with Gasteiger partial charge in [-0.1, -0.05) is 6.08 Å². The topological polar surface area (TPSA) is 101 Å². The highest BCUT2D eigenvalue weighted by Crippen LogP contribution is 2.28. The zero-order valence-corrected chi connectivity index (χ0v) is 15.4. The van der Waals surface area contributed by atoms with Crippen molar-refractivity contribution in [2.24, 2.45) is 0 Å². The number of ether oxygens (including phenoxy) is 2. The molecule has 1 aromatic carbocycles. The number of ketones is 1. The highest BCUT2D eigenvalue weighted by atomic mass is 16.6. The number of hydrogen-bond donors (Lipinski definition) is 0. The first-order valence-electron chi connectivity index (χ1n) is 8.10. The van der Waals surface area contributed by atoms with Crippen molar-refractivity contribution in [1.82, 2.24) is 4.57 Å². The van der Waals surface area contributed by atoms with E-state index in [0.29, 0.717) is 12.1 Å². The number of esters is 1. The van der Waals surface area contributed by atoms with Crippen LogP contribution in [0.1, 0.15) is 32.1 Å². The Bertz CT molecular complexity index is 913. The van der Waals surface area contributed by atoms with Crippen molar-refractivity contribution in [1.29, 1.82) is 0 Å². The molecule has 27 heavy (non-hydrogen) atoms. The molecule has 1 aromatic heterocycles. The number of methoxy groups -OCH3 is 1. The Morgan fingerprint density at radius 1 is 1.30 bits per heavy atom. The van der Waals surface area contributed by atoms with Crippen molar-refractivity contribution in [3.05, 3.63) is 69.5 Å². The number of benzene rings is 1. The number of aromatic nitrogens is 1.